The number of rotatable bonds is 8. The van der Waals surface area contributed by atoms with E-state index < -0.39 is 5.92 Å². The number of carbonyl (C=O) groups is 2. The monoisotopic (exact) mass is 386 g/mol. The second-order valence-corrected chi connectivity index (χ2v) is 5.83. The van der Waals surface area contributed by atoms with E-state index in [0.29, 0.717) is 32.8 Å². The molecule has 1 aliphatic heterocycles. The number of halogens is 1. The van der Waals surface area contributed by atoms with Crippen LogP contribution in [-0.2, 0) is 25.5 Å². The molecule has 1 saturated heterocycles. The summed E-state index contributed by atoms with van der Waals surface area (Å²) in [5.74, 6) is -0.170. The molecule has 1 heterocycles. The highest BCUT2D eigenvalue weighted by Gasteiger charge is 2.25. The summed E-state index contributed by atoms with van der Waals surface area (Å²) in [5.41, 5.74) is 0.979. The van der Waals surface area contributed by atoms with Crippen LogP contribution in [0.4, 0.5) is 0 Å². The highest BCUT2D eigenvalue weighted by Crippen LogP contribution is 2.16. The molecule has 1 amide bonds. The van der Waals surface area contributed by atoms with Crippen molar-refractivity contribution in [2.75, 3.05) is 40.0 Å². The molecule has 0 aliphatic carbocycles. The lowest BCUT2D eigenvalue weighted by molar-refractivity contribution is -0.145. The fourth-order valence-electron chi connectivity index (χ4n) is 2.66. The predicted molar refractivity (Wildman–Crippen MR) is 99.7 cm³/mol. The molecule has 7 nitrogen and oxygen atoms in total. The van der Waals surface area contributed by atoms with Gasteiger partial charge in [0.1, 0.15) is 11.8 Å². The first-order chi connectivity index (χ1) is 12.1. The first kappa shape index (κ1) is 22.2. The Morgan fingerprint density at radius 3 is 2.65 bits per heavy atom. The van der Waals surface area contributed by atoms with Gasteiger partial charge in [-0.05, 0) is 31.0 Å². The van der Waals surface area contributed by atoms with Crippen LogP contribution in [0.25, 0.3) is 0 Å². The second kappa shape index (κ2) is 11.7. The quantitative estimate of drug-likeness (QED) is 0.647. The van der Waals surface area contributed by atoms with Crippen LogP contribution in [0.1, 0.15) is 12.5 Å². The number of methoxy groups -OCH3 is 1. The summed E-state index contributed by atoms with van der Waals surface area (Å²) in [5, 5.41) is 5.90. The summed E-state index contributed by atoms with van der Waals surface area (Å²) in [6.07, 6.45) is 0.480. The van der Waals surface area contributed by atoms with Crippen molar-refractivity contribution in [1.29, 1.82) is 0 Å². The van der Waals surface area contributed by atoms with Crippen molar-refractivity contribution in [2.24, 2.45) is 5.92 Å². The third kappa shape index (κ3) is 6.82. The van der Waals surface area contributed by atoms with E-state index in [0.717, 1.165) is 11.3 Å². The van der Waals surface area contributed by atoms with Gasteiger partial charge in [0.15, 0.2) is 0 Å². The van der Waals surface area contributed by atoms with Crippen molar-refractivity contribution in [1.82, 2.24) is 10.6 Å². The topological polar surface area (TPSA) is 85.9 Å². The van der Waals surface area contributed by atoms with Gasteiger partial charge < -0.3 is 24.8 Å². The zero-order chi connectivity index (χ0) is 18.1. The van der Waals surface area contributed by atoms with Crippen LogP contribution in [-0.4, -0.2) is 57.9 Å². The molecule has 2 unspecified atom stereocenters. The van der Waals surface area contributed by atoms with Crippen molar-refractivity contribution >= 4 is 24.3 Å². The molecular formula is C18H27ClN2O5. The van der Waals surface area contributed by atoms with Gasteiger partial charge in [-0.1, -0.05) is 12.1 Å². The molecule has 1 fully saturated rings. The minimum absolute atomic E-state index is 0. The lowest BCUT2D eigenvalue weighted by Crippen LogP contribution is -2.52. The predicted octanol–water partition coefficient (Wildman–Crippen LogP) is 0.943. The summed E-state index contributed by atoms with van der Waals surface area (Å²) in [6.45, 7) is 4.34. The number of hydrogen-bond acceptors (Lipinski definition) is 6. The summed E-state index contributed by atoms with van der Waals surface area (Å²) >= 11 is 0. The third-order valence-corrected chi connectivity index (χ3v) is 4.01. The van der Waals surface area contributed by atoms with Crippen molar-refractivity contribution in [3.8, 4) is 5.75 Å². The normalized spacial score (nSPS) is 17.5. The number of carbonyl (C=O) groups excluding carboxylic acids is 2. The first-order valence-electron chi connectivity index (χ1n) is 8.52. The van der Waals surface area contributed by atoms with E-state index in [1.54, 1.807) is 0 Å². The summed E-state index contributed by atoms with van der Waals surface area (Å²) in [7, 11) is 1.35. The first-order valence-corrected chi connectivity index (χ1v) is 8.52. The van der Waals surface area contributed by atoms with E-state index in [2.05, 4.69) is 10.6 Å². The number of nitrogens with one attached hydrogen (secondary N) is 2. The Bertz CT molecular complexity index is 561. The molecule has 26 heavy (non-hydrogen) atoms. The maximum atomic E-state index is 12.2. The highest BCUT2D eigenvalue weighted by molar-refractivity contribution is 5.85. The Morgan fingerprint density at radius 1 is 1.35 bits per heavy atom. The van der Waals surface area contributed by atoms with Gasteiger partial charge in [-0.2, -0.15) is 0 Å². The number of ether oxygens (including phenoxy) is 3. The van der Waals surface area contributed by atoms with E-state index in [-0.39, 0.29) is 36.9 Å². The number of benzene rings is 1. The molecule has 146 valence electrons. The molecule has 0 spiro atoms. The lowest BCUT2D eigenvalue weighted by Gasteiger charge is -2.24. The van der Waals surface area contributed by atoms with Crippen molar-refractivity contribution in [3.05, 3.63) is 29.8 Å². The molecule has 2 N–H and O–H groups in total. The average Bonchev–Trinajstić information content (AvgIpc) is 2.66. The highest BCUT2D eigenvalue weighted by atomic mass is 35.5. The zero-order valence-electron chi connectivity index (χ0n) is 15.2. The molecule has 0 aromatic heterocycles. The molecule has 8 heteroatoms. The largest absolute Gasteiger partial charge is 0.494 e. The molecule has 2 rings (SSSR count). The van der Waals surface area contributed by atoms with Crippen LogP contribution in [0.5, 0.6) is 5.75 Å². The van der Waals surface area contributed by atoms with Crippen LogP contribution in [0.15, 0.2) is 24.3 Å². The SMILES string of the molecule is CCOc1ccc(CC(CNC(=O)C2COCCN2)C(=O)OC)cc1.Cl. The van der Waals surface area contributed by atoms with Crippen LogP contribution >= 0.6 is 12.4 Å². The van der Waals surface area contributed by atoms with Crippen molar-refractivity contribution in [3.63, 3.8) is 0 Å². The number of amides is 1. The second-order valence-electron chi connectivity index (χ2n) is 5.83. The van der Waals surface area contributed by atoms with Crippen LogP contribution in [0.3, 0.4) is 0 Å². The Balaban J connectivity index is 0.00000338. The summed E-state index contributed by atoms with van der Waals surface area (Å²) < 4.78 is 15.6. The van der Waals surface area contributed by atoms with Crippen LogP contribution in [0, 0.1) is 5.92 Å². The maximum absolute atomic E-state index is 12.2. The average molecular weight is 387 g/mol. The number of hydrogen-bond donors (Lipinski definition) is 2. The zero-order valence-corrected chi connectivity index (χ0v) is 16.0. The minimum atomic E-state index is -0.448. The van der Waals surface area contributed by atoms with Gasteiger partial charge in [0.05, 0.1) is 32.8 Å². The third-order valence-electron chi connectivity index (χ3n) is 4.01. The molecule has 1 aromatic rings. The van der Waals surface area contributed by atoms with Gasteiger partial charge >= 0.3 is 5.97 Å². The van der Waals surface area contributed by atoms with E-state index >= 15 is 0 Å². The Kier molecular flexibility index (Phi) is 10.0. The van der Waals surface area contributed by atoms with Crippen LogP contribution in [0.2, 0.25) is 0 Å². The summed E-state index contributed by atoms with van der Waals surface area (Å²) in [4.78, 5) is 24.2. The van der Waals surface area contributed by atoms with Crippen molar-refractivity contribution in [2.45, 2.75) is 19.4 Å². The fourth-order valence-corrected chi connectivity index (χ4v) is 2.66. The molecule has 1 aromatic carbocycles. The van der Waals surface area contributed by atoms with Gasteiger partial charge in [-0.25, -0.2) is 0 Å². The van der Waals surface area contributed by atoms with Gasteiger partial charge in [-0.3, -0.25) is 9.59 Å². The molecule has 1 aliphatic rings. The van der Waals surface area contributed by atoms with Crippen LogP contribution < -0.4 is 15.4 Å². The van der Waals surface area contributed by atoms with Gasteiger partial charge in [0.2, 0.25) is 5.91 Å². The van der Waals surface area contributed by atoms with Crippen molar-refractivity contribution < 1.29 is 23.8 Å². The Labute approximate surface area is 160 Å². The standard InChI is InChI=1S/C18H26N2O5.ClH/c1-3-25-15-6-4-13(5-7-15)10-14(18(22)23-2)11-20-17(21)16-12-24-9-8-19-16;/h4-7,14,16,19H,3,8-12H2,1-2H3,(H,20,21);1H. The lowest BCUT2D eigenvalue weighted by atomic mass is 9.99. The smallest absolute Gasteiger partial charge is 0.310 e. The van der Waals surface area contributed by atoms with Gasteiger partial charge in [0.25, 0.3) is 0 Å². The molecule has 0 bridgehead atoms. The van der Waals surface area contributed by atoms with E-state index in [1.807, 2.05) is 31.2 Å². The van der Waals surface area contributed by atoms with E-state index in [1.165, 1.54) is 7.11 Å². The summed E-state index contributed by atoms with van der Waals surface area (Å²) in [6, 6.07) is 7.19. The molecule has 2 atom stereocenters. The van der Waals surface area contributed by atoms with E-state index in [4.69, 9.17) is 14.2 Å². The molecule has 0 saturated carbocycles. The van der Waals surface area contributed by atoms with E-state index in [9.17, 15) is 9.59 Å². The Morgan fingerprint density at radius 2 is 2.08 bits per heavy atom. The van der Waals surface area contributed by atoms with Gasteiger partial charge in [0, 0.05) is 13.1 Å². The number of morpholine rings is 1. The number of esters is 1. The minimum Gasteiger partial charge on any atom is -0.494 e. The fraction of sp³-hybridized carbons (Fsp3) is 0.556. The maximum Gasteiger partial charge on any atom is 0.310 e. The molecule has 0 radical (unpaired) electrons. The molecular weight excluding hydrogens is 360 g/mol. The van der Waals surface area contributed by atoms with Gasteiger partial charge in [-0.15, -0.1) is 12.4 Å². The Hall–Kier alpha value is -1.83.